The number of nitrogens with two attached hydrogens (primary N) is 1. The van der Waals surface area contributed by atoms with Gasteiger partial charge in [-0.05, 0) is 43.9 Å². The molecule has 1 amide bonds. The molecule has 0 spiro atoms. The predicted octanol–water partition coefficient (Wildman–Crippen LogP) is 2.25. The first-order valence-electron chi connectivity index (χ1n) is 10.9. The van der Waals surface area contributed by atoms with Gasteiger partial charge in [-0.15, -0.1) is 0 Å². The van der Waals surface area contributed by atoms with Gasteiger partial charge in [0.1, 0.15) is 12.2 Å². The Hall–Kier alpha value is -2.51. The first-order valence-corrected chi connectivity index (χ1v) is 10.9. The van der Waals surface area contributed by atoms with Gasteiger partial charge in [0.15, 0.2) is 11.5 Å². The van der Waals surface area contributed by atoms with E-state index in [1.165, 1.54) is 30.4 Å². The molecule has 2 unspecified atom stereocenters. The van der Waals surface area contributed by atoms with Crippen molar-refractivity contribution in [3.05, 3.63) is 47.3 Å². The van der Waals surface area contributed by atoms with E-state index in [0.717, 1.165) is 25.1 Å². The van der Waals surface area contributed by atoms with Crippen LogP contribution in [0.5, 0.6) is 0 Å². The summed E-state index contributed by atoms with van der Waals surface area (Å²) < 4.78 is 0.622. The lowest BCUT2D eigenvalue weighted by Crippen LogP contribution is -2.60. The normalized spacial score (nSPS) is 22.0. The Bertz CT molecular complexity index is 903. The molecule has 2 aliphatic carbocycles. The number of hydrogen-bond acceptors (Lipinski definition) is 5. The summed E-state index contributed by atoms with van der Waals surface area (Å²) in [5.41, 5.74) is 8.52. The van der Waals surface area contributed by atoms with Gasteiger partial charge in [-0.1, -0.05) is 30.7 Å². The van der Waals surface area contributed by atoms with Crippen LogP contribution in [0.25, 0.3) is 0 Å². The molecule has 2 atom stereocenters. The van der Waals surface area contributed by atoms with Gasteiger partial charge >= 0.3 is 0 Å². The summed E-state index contributed by atoms with van der Waals surface area (Å²) in [7, 11) is 6.41. The van der Waals surface area contributed by atoms with Crippen molar-refractivity contribution in [1.29, 1.82) is 0 Å². The van der Waals surface area contributed by atoms with Crippen LogP contribution in [0.3, 0.4) is 0 Å². The van der Waals surface area contributed by atoms with Crippen molar-refractivity contribution in [2.24, 2.45) is 5.73 Å². The number of benzene rings is 1. The van der Waals surface area contributed by atoms with E-state index >= 15 is 0 Å². The van der Waals surface area contributed by atoms with Crippen molar-refractivity contribution in [3.63, 3.8) is 0 Å². The summed E-state index contributed by atoms with van der Waals surface area (Å²) >= 11 is 0. The Morgan fingerprint density at radius 3 is 2.43 bits per heavy atom. The third-order valence-corrected chi connectivity index (χ3v) is 6.90. The molecule has 160 valence electrons. The highest BCUT2D eigenvalue weighted by atomic mass is 16.1. The number of nitrogens with zero attached hydrogens (tertiary/aromatic N) is 3. The fourth-order valence-corrected chi connectivity index (χ4v) is 5.18. The van der Waals surface area contributed by atoms with Crippen LogP contribution < -0.4 is 20.9 Å². The molecule has 0 radical (unpaired) electrons. The molecule has 0 aliphatic heterocycles. The maximum atomic E-state index is 12.0. The van der Waals surface area contributed by atoms with Crippen molar-refractivity contribution in [3.8, 4) is 0 Å². The number of hydrogen-bond donors (Lipinski definition) is 3. The smallest absolute Gasteiger partial charge is 0.271 e. The average Bonchev–Trinajstić information content (AvgIpc) is 3.15. The molecule has 1 fully saturated rings. The highest BCUT2D eigenvalue weighted by Gasteiger charge is 2.40. The number of primary amides is 1. The number of nitrogens with one attached hydrogen (secondary N) is 2. The Morgan fingerprint density at radius 2 is 1.80 bits per heavy atom. The minimum absolute atomic E-state index is 0.181. The fourth-order valence-electron chi connectivity index (χ4n) is 5.18. The quantitative estimate of drug-likeness (QED) is 0.637. The van der Waals surface area contributed by atoms with Crippen LogP contribution >= 0.6 is 0 Å². The van der Waals surface area contributed by atoms with E-state index in [9.17, 15) is 4.79 Å². The summed E-state index contributed by atoms with van der Waals surface area (Å²) in [5.74, 6) is 0.800. The zero-order valence-corrected chi connectivity index (χ0v) is 18.2. The third kappa shape index (κ3) is 3.91. The molecule has 7 heteroatoms. The topological polar surface area (TPSA) is 92.9 Å². The van der Waals surface area contributed by atoms with Crippen LogP contribution in [-0.4, -0.2) is 55.1 Å². The van der Waals surface area contributed by atoms with Gasteiger partial charge in [-0.25, -0.2) is 4.98 Å². The maximum absolute atomic E-state index is 12.0. The van der Waals surface area contributed by atoms with Gasteiger partial charge in [0.2, 0.25) is 5.82 Å². The van der Waals surface area contributed by atoms with Gasteiger partial charge in [-0.3, -0.25) is 9.28 Å². The lowest BCUT2D eigenvalue weighted by molar-refractivity contribution is 0.0995. The number of quaternary nitrogens is 1. The largest absolute Gasteiger partial charge is 0.365 e. The first-order chi connectivity index (χ1) is 14.4. The second-order valence-electron chi connectivity index (χ2n) is 9.09. The number of anilines is 1. The molecule has 1 aromatic carbocycles. The van der Waals surface area contributed by atoms with E-state index in [1.807, 2.05) is 7.05 Å². The predicted molar refractivity (Wildman–Crippen MR) is 121 cm³/mol. The summed E-state index contributed by atoms with van der Waals surface area (Å²) in [6.45, 7) is 0. The van der Waals surface area contributed by atoms with E-state index < -0.39 is 5.91 Å². The third-order valence-electron chi connectivity index (χ3n) is 6.90. The molecule has 4 N–H and O–H groups in total. The van der Waals surface area contributed by atoms with E-state index in [-0.39, 0.29) is 11.7 Å². The van der Waals surface area contributed by atoms with Crippen LogP contribution in [0, 0.1) is 0 Å². The van der Waals surface area contributed by atoms with Crippen LogP contribution in [0.1, 0.15) is 47.3 Å². The number of rotatable bonds is 6. The first kappa shape index (κ1) is 20.8. The van der Waals surface area contributed by atoms with Crippen molar-refractivity contribution >= 4 is 17.5 Å². The Morgan fingerprint density at radius 1 is 1.13 bits per heavy atom. The molecule has 2 aromatic rings. The Balaban J connectivity index is 1.62. The van der Waals surface area contributed by atoms with Gasteiger partial charge in [-0.2, -0.15) is 4.98 Å². The monoisotopic (exact) mass is 409 g/mol. The number of carbonyl (C=O) groups is 1. The molecule has 1 saturated carbocycles. The maximum Gasteiger partial charge on any atom is 0.271 e. The van der Waals surface area contributed by atoms with Gasteiger partial charge in [0.25, 0.3) is 5.91 Å². The van der Waals surface area contributed by atoms with Crippen molar-refractivity contribution in [2.75, 3.05) is 26.5 Å². The van der Waals surface area contributed by atoms with Crippen LogP contribution in [0.4, 0.5) is 11.6 Å². The standard InChI is InChI=1S/C23H32N6O/c1-25-18-10-6-7-11-19(18)29(2,3)20-14-26-21(22(24)30)23(28-20)27-17-12-15-8-4-5-9-16(15)13-17/h4-5,8-9,14,17-19,25H,6-7,10-13H2,1-3H3,(H2-,24,27,28,30)/p+1. The number of fused-ring (bicyclic) bond motifs is 1. The lowest BCUT2D eigenvalue weighted by Gasteiger charge is -2.43. The molecule has 4 rings (SSSR count). The lowest BCUT2D eigenvalue weighted by atomic mass is 9.88. The zero-order chi connectivity index (χ0) is 21.3. The second-order valence-corrected chi connectivity index (χ2v) is 9.09. The minimum atomic E-state index is -0.553. The molecule has 2 aliphatic rings. The number of amides is 1. The second kappa shape index (κ2) is 8.32. The Labute approximate surface area is 178 Å². The molecule has 1 aromatic heterocycles. The summed E-state index contributed by atoms with van der Waals surface area (Å²) in [6.07, 6.45) is 8.31. The highest BCUT2D eigenvalue weighted by molar-refractivity contribution is 5.95. The molecule has 0 bridgehead atoms. The molecular weight excluding hydrogens is 376 g/mol. The minimum Gasteiger partial charge on any atom is -0.365 e. The van der Waals surface area contributed by atoms with Crippen LogP contribution in [0.15, 0.2) is 30.5 Å². The van der Waals surface area contributed by atoms with Gasteiger partial charge in [0.05, 0.1) is 20.1 Å². The molecular formula is C23H33N6O+. The van der Waals surface area contributed by atoms with E-state index in [1.54, 1.807) is 6.20 Å². The summed E-state index contributed by atoms with van der Waals surface area (Å²) in [4.78, 5) is 21.4. The Kier molecular flexibility index (Phi) is 5.75. The summed E-state index contributed by atoms with van der Waals surface area (Å²) in [6, 6.07) is 9.48. The van der Waals surface area contributed by atoms with Crippen molar-refractivity contribution < 1.29 is 4.79 Å². The average molecular weight is 410 g/mol. The fraction of sp³-hybridized carbons (Fsp3) is 0.522. The van der Waals surface area contributed by atoms with E-state index in [4.69, 9.17) is 10.7 Å². The molecule has 7 nitrogen and oxygen atoms in total. The van der Waals surface area contributed by atoms with Crippen LogP contribution in [0.2, 0.25) is 0 Å². The van der Waals surface area contributed by atoms with Crippen LogP contribution in [-0.2, 0) is 12.8 Å². The molecule has 30 heavy (non-hydrogen) atoms. The van der Waals surface area contributed by atoms with E-state index in [2.05, 4.69) is 54.0 Å². The highest BCUT2D eigenvalue weighted by Crippen LogP contribution is 2.32. The summed E-state index contributed by atoms with van der Waals surface area (Å²) in [5, 5.41) is 6.97. The number of likely N-dealkylation sites (N-methyl/N-ethyl adjacent to an activating group) is 2. The number of carbonyl (C=O) groups excluding carboxylic acids is 1. The van der Waals surface area contributed by atoms with E-state index in [0.29, 0.717) is 22.4 Å². The SMILES string of the molecule is CNC1CCCCC1[N+](C)(C)c1cnc(C(N)=O)c(NC2Cc3ccccc3C2)n1. The van der Waals surface area contributed by atoms with Crippen molar-refractivity contribution in [1.82, 2.24) is 19.8 Å². The van der Waals surface area contributed by atoms with Gasteiger partial charge < -0.3 is 16.4 Å². The van der Waals surface area contributed by atoms with Crippen molar-refractivity contribution in [2.45, 2.75) is 56.7 Å². The zero-order valence-electron chi connectivity index (χ0n) is 18.2. The number of aromatic nitrogens is 2. The van der Waals surface area contributed by atoms with Gasteiger partial charge in [0, 0.05) is 12.5 Å². The molecule has 1 heterocycles. The molecule has 0 saturated heterocycles.